The Morgan fingerprint density at radius 2 is 2.05 bits per heavy atom. The number of nitrogen functional groups attached to an aromatic ring is 1. The Labute approximate surface area is 124 Å². The highest BCUT2D eigenvalue weighted by molar-refractivity contribution is 6.03. The summed E-state index contributed by atoms with van der Waals surface area (Å²) in [7, 11) is 0. The molecular formula is C15H21N3O3. The maximum atomic E-state index is 12.2. The molecule has 0 bridgehead atoms. The van der Waals surface area contributed by atoms with Gasteiger partial charge < -0.3 is 20.7 Å². The number of carbonyl (C=O) groups is 2. The molecule has 1 fully saturated rings. The molecule has 1 saturated heterocycles. The van der Waals surface area contributed by atoms with Crippen molar-refractivity contribution in [2.45, 2.75) is 19.8 Å². The van der Waals surface area contributed by atoms with Crippen molar-refractivity contribution in [3.63, 3.8) is 0 Å². The van der Waals surface area contributed by atoms with Gasteiger partial charge >= 0.3 is 0 Å². The average molecular weight is 291 g/mol. The Balaban J connectivity index is 2.01. The highest BCUT2D eigenvalue weighted by Crippen LogP contribution is 2.24. The fraction of sp³-hybridized carbons (Fsp3) is 0.467. The van der Waals surface area contributed by atoms with Crippen molar-refractivity contribution in [1.82, 2.24) is 10.2 Å². The van der Waals surface area contributed by atoms with Gasteiger partial charge in [0, 0.05) is 18.8 Å². The van der Waals surface area contributed by atoms with Crippen LogP contribution in [0.25, 0.3) is 0 Å². The SMILES string of the molecule is CCOc1cccc(N)c1C(=O)NCC(=O)N1CCCC1. The second-order valence-corrected chi connectivity index (χ2v) is 4.92. The topological polar surface area (TPSA) is 84.7 Å². The Morgan fingerprint density at radius 1 is 1.33 bits per heavy atom. The third-order valence-electron chi connectivity index (χ3n) is 3.44. The number of rotatable bonds is 5. The number of nitrogens with two attached hydrogens (primary N) is 1. The van der Waals surface area contributed by atoms with Crippen molar-refractivity contribution in [3.05, 3.63) is 23.8 Å². The summed E-state index contributed by atoms with van der Waals surface area (Å²) in [4.78, 5) is 25.9. The number of hydrogen-bond acceptors (Lipinski definition) is 4. The van der Waals surface area contributed by atoms with Crippen LogP contribution in [0.4, 0.5) is 5.69 Å². The first-order chi connectivity index (χ1) is 10.1. The smallest absolute Gasteiger partial charge is 0.257 e. The number of nitrogens with one attached hydrogen (secondary N) is 1. The molecule has 6 nitrogen and oxygen atoms in total. The Bertz CT molecular complexity index is 525. The molecule has 1 aromatic carbocycles. The zero-order valence-electron chi connectivity index (χ0n) is 12.2. The van der Waals surface area contributed by atoms with Crippen LogP contribution in [0.5, 0.6) is 5.75 Å². The maximum Gasteiger partial charge on any atom is 0.257 e. The Kier molecular flexibility index (Phi) is 5.03. The summed E-state index contributed by atoms with van der Waals surface area (Å²) in [6, 6.07) is 5.06. The van der Waals surface area contributed by atoms with E-state index >= 15 is 0 Å². The number of likely N-dealkylation sites (tertiary alicyclic amines) is 1. The fourth-order valence-electron chi connectivity index (χ4n) is 2.39. The van der Waals surface area contributed by atoms with E-state index in [0.29, 0.717) is 18.0 Å². The van der Waals surface area contributed by atoms with Gasteiger partial charge in [0.15, 0.2) is 0 Å². The summed E-state index contributed by atoms with van der Waals surface area (Å²) in [6.07, 6.45) is 2.06. The van der Waals surface area contributed by atoms with Gasteiger partial charge in [0.2, 0.25) is 5.91 Å². The minimum absolute atomic E-state index is 0.0151. The number of hydrogen-bond donors (Lipinski definition) is 2. The zero-order chi connectivity index (χ0) is 15.2. The van der Waals surface area contributed by atoms with Gasteiger partial charge in [-0.3, -0.25) is 9.59 Å². The minimum Gasteiger partial charge on any atom is -0.493 e. The van der Waals surface area contributed by atoms with Crippen molar-refractivity contribution in [3.8, 4) is 5.75 Å². The van der Waals surface area contributed by atoms with Crippen molar-refractivity contribution in [2.24, 2.45) is 0 Å². The van der Waals surface area contributed by atoms with Crippen LogP contribution >= 0.6 is 0 Å². The van der Waals surface area contributed by atoms with E-state index in [1.807, 2.05) is 6.92 Å². The molecule has 0 atom stereocenters. The average Bonchev–Trinajstić information content (AvgIpc) is 2.99. The molecule has 0 aliphatic carbocycles. The lowest BCUT2D eigenvalue weighted by Gasteiger charge is -2.16. The highest BCUT2D eigenvalue weighted by Gasteiger charge is 2.20. The van der Waals surface area contributed by atoms with Crippen LogP contribution in [0.15, 0.2) is 18.2 Å². The van der Waals surface area contributed by atoms with E-state index in [0.717, 1.165) is 25.9 Å². The summed E-state index contributed by atoms with van der Waals surface area (Å²) in [5, 5.41) is 2.63. The molecule has 2 rings (SSSR count). The third kappa shape index (κ3) is 3.65. The normalized spacial score (nSPS) is 14.0. The Morgan fingerprint density at radius 3 is 2.71 bits per heavy atom. The first-order valence-electron chi connectivity index (χ1n) is 7.20. The van der Waals surface area contributed by atoms with E-state index in [4.69, 9.17) is 10.5 Å². The summed E-state index contributed by atoms with van der Waals surface area (Å²) in [5.74, 6) is -0.0129. The summed E-state index contributed by atoms with van der Waals surface area (Å²) >= 11 is 0. The quantitative estimate of drug-likeness (QED) is 0.793. The number of ether oxygens (including phenoxy) is 1. The molecule has 0 aromatic heterocycles. The molecule has 0 radical (unpaired) electrons. The molecule has 1 heterocycles. The molecule has 1 aliphatic heterocycles. The first kappa shape index (κ1) is 15.2. The number of carbonyl (C=O) groups excluding carboxylic acids is 2. The van der Waals surface area contributed by atoms with Crippen molar-refractivity contribution < 1.29 is 14.3 Å². The number of benzene rings is 1. The van der Waals surface area contributed by atoms with Gasteiger partial charge in [-0.2, -0.15) is 0 Å². The molecular weight excluding hydrogens is 270 g/mol. The summed E-state index contributed by atoms with van der Waals surface area (Å²) < 4.78 is 5.41. The van der Waals surface area contributed by atoms with Crippen LogP contribution in [0.2, 0.25) is 0 Å². The van der Waals surface area contributed by atoms with E-state index in [-0.39, 0.29) is 23.9 Å². The van der Waals surface area contributed by atoms with Crippen LogP contribution < -0.4 is 15.8 Å². The molecule has 6 heteroatoms. The van der Waals surface area contributed by atoms with Crippen LogP contribution in [-0.4, -0.2) is 43.0 Å². The summed E-state index contributed by atoms with van der Waals surface area (Å²) in [5.41, 5.74) is 6.47. The predicted octanol–water partition coefficient (Wildman–Crippen LogP) is 1.02. The van der Waals surface area contributed by atoms with E-state index in [1.54, 1.807) is 23.1 Å². The lowest BCUT2D eigenvalue weighted by atomic mass is 10.1. The highest BCUT2D eigenvalue weighted by atomic mass is 16.5. The lowest BCUT2D eigenvalue weighted by molar-refractivity contribution is -0.129. The second kappa shape index (κ2) is 6.97. The largest absolute Gasteiger partial charge is 0.493 e. The second-order valence-electron chi connectivity index (χ2n) is 4.92. The molecule has 0 spiro atoms. The monoisotopic (exact) mass is 291 g/mol. The number of anilines is 1. The fourth-order valence-corrected chi connectivity index (χ4v) is 2.39. The Hall–Kier alpha value is -2.24. The predicted molar refractivity (Wildman–Crippen MR) is 80.2 cm³/mol. The molecule has 3 N–H and O–H groups in total. The molecule has 0 saturated carbocycles. The van der Waals surface area contributed by atoms with E-state index in [9.17, 15) is 9.59 Å². The van der Waals surface area contributed by atoms with Gasteiger partial charge in [0.25, 0.3) is 5.91 Å². The maximum absolute atomic E-state index is 12.2. The molecule has 2 amide bonds. The molecule has 1 aliphatic rings. The van der Waals surface area contributed by atoms with E-state index in [1.165, 1.54) is 0 Å². The van der Waals surface area contributed by atoms with Gasteiger partial charge in [-0.15, -0.1) is 0 Å². The molecule has 0 unspecified atom stereocenters. The van der Waals surface area contributed by atoms with E-state index < -0.39 is 0 Å². The zero-order valence-corrected chi connectivity index (χ0v) is 12.2. The molecule has 21 heavy (non-hydrogen) atoms. The van der Waals surface area contributed by atoms with Gasteiger partial charge in [-0.1, -0.05) is 6.07 Å². The van der Waals surface area contributed by atoms with E-state index in [2.05, 4.69) is 5.32 Å². The van der Waals surface area contributed by atoms with Crippen LogP contribution in [0.3, 0.4) is 0 Å². The van der Waals surface area contributed by atoms with Gasteiger partial charge in [0.05, 0.1) is 13.2 Å². The van der Waals surface area contributed by atoms with Crippen LogP contribution in [0, 0.1) is 0 Å². The van der Waals surface area contributed by atoms with Gasteiger partial charge in [0.1, 0.15) is 11.3 Å². The third-order valence-corrected chi connectivity index (χ3v) is 3.44. The number of amides is 2. The van der Waals surface area contributed by atoms with Crippen LogP contribution in [0.1, 0.15) is 30.1 Å². The lowest BCUT2D eigenvalue weighted by Crippen LogP contribution is -2.38. The minimum atomic E-state index is -0.385. The van der Waals surface area contributed by atoms with Gasteiger partial charge in [-0.05, 0) is 31.9 Å². The summed E-state index contributed by atoms with van der Waals surface area (Å²) in [6.45, 7) is 3.80. The van der Waals surface area contributed by atoms with Crippen LogP contribution in [-0.2, 0) is 4.79 Å². The standard InChI is InChI=1S/C15H21N3O3/c1-2-21-12-7-5-6-11(16)14(12)15(20)17-10-13(19)18-8-3-4-9-18/h5-7H,2-4,8-10,16H2,1H3,(H,17,20). The first-order valence-corrected chi connectivity index (χ1v) is 7.20. The van der Waals surface area contributed by atoms with Crippen molar-refractivity contribution in [2.75, 3.05) is 32.0 Å². The van der Waals surface area contributed by atoms with Crippen molar-refractivity contribution in [1.29, 1.82) is 0 Å². The van der Waals surface area contributed by atoms with Crippen molar-refractivity contribution >= 4 is 17.5 Å². The number of nitrogens with zero attached hydrogens (tertiary/aromatic N) is 1. The molecule has 1 aromatic rings. The van der Waals surface area contributed by atoms with Gasteiger partial charge in [-0.25, -0.2) is 0 Å². The molecule has 114 valence electrons.